The summed E-state index contributed by atoms with van der Waals surface area (Å²) in [6, 6.07) is 21.3. The van der Waals surface area contributed by atoms with Crippen molar-refractivity contribution in [2.45, 2.75) is 6.92 Å². The Bertz CT molecular complexity index is 1250. The molecule has 3 aromatic carbocycles. The number of aromatic nitrogens is 1. The molecule has 0 bridgehead atoms. The van der Waals surface area contributed by atoms with Crippen LogP contribution in [0, 0.1) is 0 Å². The lowest BCUT2D eigenvalue weighted by molar-refractivity contribution is 0.104. The highest BCUT2D eigenvalue weighted by Gasteiger charge is 2.30. The number of carbonyl (C=O) groups is 1. The summed E-state index contributed by atoms with van der Waals surface area (Å²) in [7, 11) is 0. The highest BCUT2D eigenvalue weighted by Crippen LogP contribution is 2.46. The Balaban J connectivity index is 1.96. The number of ketones is 1. The van der Waals surface area contributed by atoms with Crippen LogP contribution in [0.3, 0.4) is 0 Å². The van der Waals surface area contributed by atoms with E-state index in [4.69, 9.17) is 15.5 Å². The summed E-state index contributed by atoms with van der Waals surface area (Å²) in [6.07, 6.45) is 0. The molecule has 28 heavy (non-hydrogen) atoms. The number of nitrogens with zero attached hydrogens (tertiary/aromatic N) is 1. The van der Waals surface area contributed by atoms with Crippen molar-refractivity contribution in [2.24, 2.45) is 0 Å². The van der Waals surface area contributed by atoms with Crippen LogP contribution >= 0.6 is 0 Å². The van der Waals surface area contributed by atoms with Crippen molar-refractivity contribution in [3.63, 3.8) is 0 Å². The number of anilines is 1. The Morgan fingerprint density at radius 2 is 1.64 bits per heavy atom. The number of benzene rings is 3. The molecule has 1 aromatic heterocycles. The highest BCUT2D eigenvalue weighted by atomic mass is 16.5. The molecule has 0 fully saturated rings. The number of pyridine rings is 1. The van der Waals surface area contributed by atoms with E-state index in [1.54, 1.807) is 6.07 Å². The fraction of sp³-hybridized carbons (Fsp3) is 0.0833. The lowest BCUT2D eigenvalue weighted by Crippen LogP contribution is -2.14. The van der Waals surface area contributed by atoms with Crippen molar-refractivity contribution in [3.8, 4) is 28.3 Å². The van der Waals surface area contributed by atoms with Gasteiger partial charge in [0, 0.05) is 22.2 Å². The molecule has 0 radical (unpaired) electrons. The molecular weight excluding hydrogens is 348 g/mol. The summed E-state index contributed by atoms with van der Waals surface area (Å²) in [5.74, 6) is 0.507. The number of hydrogen-bond acceptors (Lipinski definition) is 4. The first-order valence-corrected chi connectivity index (χ1v) is 9.29. The van der Waals surface area contributed by atoms with E-state index in [1.807, 2.05) is 67.6 Å². The van der Waals surface area contributed by atoms with Gasteiger partial charge in [-0.3, -0.25) is 4.79 Å². The van der Waals surface area contributed by atoms with E-state index in [-0.39, 0.29) is 5.78 Å². The van der Waals surface area contributed by atoms with Crippen molar-refractivity contribution >= 4 is 22.2 Å². The van der Waals surface area contributed by atoms with Gasteiger partial charge in [-0.2, -0.15) is 0 Å². The average molecular weight is 366 g/mol. The molecule has 1 aliphatic carbocycles. The summed E-state index contributed by atoms with van der Waals surface area (Å²) in [6.45, 7) is 2.44. The zero-order chi connectivity index (χ0) is 19.3. The summed E-state index contributed by atoms with van der Waals surface area (Å²) in [5, 5.41) is 1.81. The van der Waals surface area contributed by atoms with Crippen LogP contribution in [-0.4, -0.2) is 17.4 Å². The van der Waals surface area contributed by atoms with Crippen LogP contribution in [0.1, 0.15) is 22.8 Å². The van der Waals surface area contributed by atoms with Crippen LogP contribution in [0.2, 0.25) is 0 Å². The van der Waals surface area contributed by atoms with E-state index in [0.29, 0.717) is 29.3 Å². The monoisotopic (exact) mass is 366 g/mol. The first-order chi connectivity index (χ1) is 13.7. The van der Waals surface area contributed by atoms with Crippen molar-refractivity contribution in [1.82, 2.24) is 4.98 Å². The molecule has 0 atom stereocenters. The first-order valence-electron chi connectivity index (χ1n) is 9.29. The Kier molecular flexibility index (Phi) is 3.66. The van der Waals surface area contributed by atoms with Crippen molar-refractivity contribution in [3.05, 3.63) is 77.9 Å². The quantitative estimate of drug-likeness (QED) is 0.452. The van der Waals surface area contributed by atoms with Gasteiger partial charge in [0.2, 0.25) is 5.88 Å². The molecule has 1 aliphatic rings. The zero-order valence-electron chi connectivity index (χ0n) is 15.4. The maximum Gasteiger partial charge on any atom is 0.222 e. The van der Waals surface area contributed by atoms with Crippen molar-refractivity contribution in [2.75, 3.05) is 12.3 Å². The predicted molar refractivity (Wildman–Crippen MR) is 112 cm³/mol. The number of rotatable bonds is 3. The fourth-order valence-electron chi connectivity index (χ4n) is 4.01. The summed E-state index contributed by atoms with van der Waals surface area (Å²) < 4.78 is 5.95. The zero-order valence-corrected chi connectivity index (χ0v) is 15.4. The van der Waals surface area contributed by atoms with Gasteiger partial charge < -0.3 is 10.5 Å². The molecule has 136 valence electrons. The van der Waals surface area contributed by atoms with Crippen LogP contribution in [0.4, 0.5) is 5.69 Å². The summed E-state index contributed by atoms with van der Waals surface area (Å²) in [5.41, 5.74) is 11.2. The van der Waals surface area contributed by atoms with Gasteiger partial charge in [-0.15, -0.1) is 0 Å². The Morgan fingerprint density at radius 3 is 2.43 bits per heavy atom. The largest absolute Gasteiger partial charge is 0.477 e. The molecule has 4 nitrogen and oxygen atoms in total. The summed E-state index contributed by atoms with van der Waals surface area (Å²) in [4.78, 5) is 18.1. The minimum atomic E-state index is -0.0591. The lowest BCUT2D eigenvalue weighted by atomic mass is 9.83. The lowest BCUT2D eigenvalue weighted by Gasteiger charge is -2.23. The highest BCUT2D eigenvalue weighted by molar-refractivity contribution is 6.28. The molecule has 0 amide bonds. The third-order valence-electron chi connectivity index (χ3n) is 5.16. The fourth-order valence-corrected chi connectivity index (χ4v) is 4.01. The Hall–Kier alpha value is -3.66. The van der Waals surface area contributed by atoms with Crippen molar-refractivity contribution in [1.29, 1.82) is 0 Å². The third kappa shape index (κ3) is 2.24. The molecule has 0 aliphatic heterocycles. The smallest absolute Gasteiger partial charge is 0.222 e. The molecule has 0 saturated heterocycles. The predicted octanol–water partition coefficient (Wildman–Crippen LogP) is 5.09. The molecular formula is C24H18N2O2. The van der Waals surface area contributed by atoms with Crippen LogP contribution < -0.4 is 10.5 Å². The Morgan fingerprint density at radius 1 is 0.893 bits per heavy atom. The van der Waals surface area contributed by atoms with Crippen molar-refractivity contribution < 1.29 is 9.53 Å². The van der Waals surface area contributed by atoms with Gasteiger partial charge in [0.05, 0.1) is 23.4 Å². The molecule has 2 N–H and O–H groups in total. The Labute approximate surface area is 162 Å². The van der Waals surface area contributed by atoms with Crippen LogP contribution in [0.5, 0.6) is 5.88 Å². The topological polar surface area (TPSA) is 65.2 Å². The van der Waals surface area contributed by atoms with Gasteiger partial charge in [0.25, 0.3) is 0 Å². The number of nitrogen functional groups attached to an aromatic ring is 1. The number of ether oxygens (including phenoxy) is 1. The number of nitrogens with two attached hydrogens (primary N) is 1. The molecule has 4 heteroatoms. The normalized spacial score (nSPS) is 12.1. The molecule has 1 heterocycles. The second-order valence-corrected chi connectivity index (χ2v) is 6.77. The second-order valence-electron chi connectivity index (χ2n) is 6.77. The molecule has 0 unspecified atom stereocenters. The standard InChI is InChI=1S/C24H18N2O2/c1-2-28-24-19(14-8-4-3-5-9-14)15-10-6-12-17-20(15)22(26-24)16-11-7-13-18(25)21(16)23(17)27/h3-13H,2,25H2,1H3. The van der Waals surface area contributed by atoms with Crippen LogP contribution in [0.15, 0.2) is 66.7 Å². The molecule has 0 saturated carbocycles. The van der Waals surface area contributed by atoms with E-state index in [2.05, 4.69) is 0 Å². The van der Waals surface area contributed by atoms with E-state index in [1.165, 1.54) is 0 Å². The van der Waals surface area contributed by atoms with E-state index < -0.39 is 0 Å². The number of carbonyl (C=O) groups excluding carboxylic acids is 1. The van der Waals surface area contributed by atoms with Gasteiger partial charge in [0.1, 0.15) is 0 Å². The maximum atomic E-state index is 13.2. The van der Waals surface area contributed by atoms with Gasteiger partial charge in [0.15, 0.2) is 5.78 Å². The van der Waals surface area contributed by atoms with E-state index in [9.17, 15) is 4.79 Å². The minimum Gasteiger partial charge on any atom is -0.477 e. The SMILES string of the molecule is CCOc1nc2c3c(cccc3c1-c1ccccc1)C(=O)c1c(N)cccc1-2. The second kappa shape index (κ2) is 6.20. The molecule has 5 rings (SSSR count). The number of hydrogen-bond donors (Lipinski definition) is 1. The average Bonchev–Trinajstić information content (AvgIpc) is 2.72. The van der Waals surface area contributed by atoms with E-state index >= 15 is 0 Å². The van der Waals surface area contributed by atoms with E-state index in [0.717, 1.165) is 33.2 Å². The molecule has 0 spiro atoms. The maximum absolute atomic E-state index is 13.2. The molecule has 4 aromatic rings. The summed E-state index contributed by atoms with van der Waals surface area (Å²) >= 11 is 0. The van der Waals surface area contributed by atoms with Gasteiger partial charge in [-0.1, -0.05) is 60.7 Å². The third-order valence-corrected chi connectivity index (χ3v) is 5.16. The number of fused-ring (bicyclic) bond motifs is 2. The van der Waals surface area contributed by atoms with Crippen LogP contribution in [0.25, 0.3) is 33.2 Å². The minimum absolute atomic E-state index is 0.0591. The van der Waals surface area contributed by atoms with Gasteiger partial charge >= 0.3 is 0 Å². The van der Waals surface area contributed by atoms with Crippen LogP contribution in [-0.2, 0) is 0 Å². The first kappa shape index (κ1) is 16.5. The van der Waals surface area contributed by atoms with Gasteiger partial charge in [-0.25, -0.2) is 4.98 Å². The van der Waals surface area contributed by atoms with Gasteiger partial charge in [-0.05, 0) is 23.9 Å².